The van der Waals surface area contributed by atoms with Gasteiger partial charge in [0.15, 0.2) is 0 Å². The second-order valence-electron chi connectivity index (χ2n) is 6.83. The van der Waals surface area contributed by atoms with Crippen LogP contribution < -0.4 is 10.2 Å². The van der Waals surface area contributed by atoms with Crippen LogP contribution in [-0.4, -0.2) is 55.1 Å². The van der Waals surface area contributed by atoms with Gasteiger partial charge >= 0.3 is 0 Å². The third-order valence-electron chi connectivity index (χ3n) is 4.72. The molecule has 0 radical (unpaired) electrons. The predicted octanol–water partition coefficient (Wildman–Crippen LogP) is 2.04. The first kappa shape index (κ1) is 15.3. The topological polar surface area (TPSA) is 44.3 Å². The summed E-state index contributed by atoms with van der Waals surface area (Å²) in [7, 11) is 4.16. The van der Waals surface area contributed by atoms with E-state index in [2.05, 4.69) is 29.2 Å². The number of nitrogens with one attached hydrogen (secondary N) is 1. The molecule has 1 aliphatic heterocycles. The Hall–Kier alpha value is -1.24. The molecule has 2 aromatic heterocycles. The van der Waals surface area contributed by atoms with E-state index in [-0.39, 0.29) is 0 Å². The highest BCUT2D eigenvalue weighted by molar-refractivity contribution is 7.19. The van der Waals surface area contributed by atoms with Gasteiger partial charge < -0.3 is 15.1 Å². The van der Waals surface area contributed by atoms with Crippen molar-refractivity contribution in [3.63, 3.8) is 0 Å². The fraction of sp³-hybridized carbons (Fsp3) is 0.647. The van der Waals surface area contributed by atoms with Crippen LogP contribution in [0.1, 0.15) is 29.1 Å². The van der Waals surface area contributed by atoms with E-state index in [9.17, 15) is 0 Å². The number of piperazine rings is 1. The Kier molecular flexibility index (Phi) is 4.22. The average Bonchev–Trinajstić information content (AvgIpc) is 2.92. The number of fused-ring (bicyclic) bond motifs is 3. The van der Waals surface area contributed by atoms with Crippen LogP contribution in [0.25, 0.3) is 10.2 Å². The molecule has 2 aromatic rings. The van der Waals surface area contributed by atoms with Crippen LogP contribution >= 0.6 is 11.3 Å². The Balaban J connectivity index is 1.86. The molecule has 0 unspecified atom stereocenters. The number of aryl methyl sites for hydroxylation is 2. The molecule has 6 heteroatoms. The molecule has 0 amide bonds. The van der Waals surface area contributed by atoms with Crippen molar-refractivity contribution in [3.8, 4) is 0 Å². The van der Waals surface area contributed by atoms with Crippen molar-refractivity contribution < 1.29 is 0 Å². The molecule has 2 aliphatic rings. The third-order valence-corrected chi connectivity index (χ3v) is 5.90. The monoisotopic (exact) mass is 331 g/mol. The summed E-state index contributed by atoms with van der Waals surface area (Å²) in [5.41, 5.74) is 1.54. The van der Waals surface area contributed by atoms with Gasteiger partial charge in [0.2, 0.25) is 0 Å². The maximum atomic E-state index is 5.00. The van der Waals surface area contributed by atoms with E-state index >= 15 is 0 Å². The van der Waals surface area contributed by atoms with Gasteiger partial charge in [-0.1, -0.05) is 0 Å². The van der Waals surface area contributed by atoms with Crippen molar-refractivity contribution in [2.45, 2.75) is 32.2 Å². The second-order valence-corrected chi connectivity index (χ2v) is 7.91. The maximum Gasteiger partial charge on any atom is 0.146 e. The minimum atomic E-state index is 0.803. The highest BCUT2D eigenvalue weighted by Gasteiger charge is 2.24. The van der Waals surface area contributed by atoms with Crippen molar-refractivity contribution in [1.82, 2.24) is 20.2 Å². The minimum absolute atomic E-state index is 0.803. The van der Waals surface area contributed by atoms with Gasteiger partial charge in [0, 0.05) is 31.1 Å². The van der Waals surface area contributed by atoms with Crippen molar-refractivity contribution >= 4 is 27.4 Å². The molecular formula is C17H25N5S. The second kappa shape index (κ2) is 6.34. The Morgan fingerprint density at radius 2 is 1.91 bits per heavy atom. The molecule has 0 aromatic carbocycles. The van der Waals surface area contributed by atoms with Crippen LogP contribution in [0.2, 0.25) is 0 Å². The van der Waals surface area contributed by atoms with Crippen LogP contribution in [-0.2, 0) is 19.4 Å². The fourth-order valence-corrected chi connectivity index (χ4v) is 4.91. The minimum Gasteiger partial charge on any atom is -0.353 e. The lowest BCUT2D eigenvalue weighted by atomic mass is 9.97. The molecule has 0 atom stereocenters. The average molecular weight is 331 g/mol. The number of aromatic nitrogens is 2. The normalized spacial score (nSPS) is 18.7. The van der Waals surface area contributed by atoms with E-state index in [0.29, 0.717) is 0 Å². The first-order valence-electron chi connectivity index (χ1n) is 8.64. The number of rotatable bonds is 3. The standard InChI is InChI=1S/C17H25N5S/c1-21(2)11-14-19-16(22-9-7-18-8-10-22)15-12-5-3-4-6-13(12)23-17(15)20-14/h18H,3-11H2,1-2H3. The van der Waals surface area contributed by atoms with Gasteiger partial charge in [-0.15, -0.1) is 11.3 Å². The van der Waals surface area contributed by atoms with Crippen molar-refractivity contribution in [3.05, 3.63) is 16.3 Å². The molecule has 1 saturated heterocycles. The number of hydrogen-bond acceptors (Lipinski definition) is 6. The Morgan fingerprint density at radius 1 is 1.13 bits per heavy atom. The van der Waals surface area contributed by atoms with Crippen molar-refractivity contribution in [1.29, 1.82) is 0 Å². The van der Waals surface area contributed by atoms with Crippen LogP contribution in [0.4, 0.5) is 5.82 Å². The third kappa shape index (κ3) is 2.95. The summed E-state index contributed by atoms with van der Waals surface area (Å²) < 4.78 is 0. The lowest BCUT2D eigenvalue weighted by Gasteiger charge is -2.29. The molecule has 0 saturated carbocycles. The summed E-state index contributed by atoms with van der Waals surface area (Å²) in [4.78, 5) is 17.3. The molecular weight excluding hydrogens is 306 g/mol. The molecule has 0 spiro atoms. The van der Waals surface area contributed by atoms with E-state index in [0.717, 1.165) is 38.5 Å². The van der Waals surface area contributed by atoms with Gasteiger partial charge in [-0.3, -0.25) is 0 Å². The zero-order chi connectivity index (χ0) is 15.8. The largest absolute Gasteiger partial charge is 0.353 e. The maximum absolute atomic E-state index is 5.00. The summed E-state index contributed by atoms with van der Waals surface area (Å²) in [6, 6.07) is 0. The Labute approximate surface area is 141 Å². The molecule has 5 nitrogen and oxygen atoms in total. The molecule has 1 fully saturated rings. The summed E-state index contributed by atoms with van der Waals surface area (Å²) in [5, 5.41) is 4.80. The lowest BCUT2D eigenvalue weighted by molar-refractivity contribution is 0.391. The number of thiophene rings is 1. The first-order valence-corrected chi connectivity index (χ1v) is 9.45. The molecule has 1 N–H and O–H groups in total. The lowest BCUT2D eigenvalue weighted by Crippen LogP contribution is -2.44. The predicted molar refractivity (Wildman–Crippen MR) is 96.5 cm³/mol. The Morgan fingerprint density at radius 3 is 2.70 bits per heavy atom. The van der Waals surface area contributed by atoms with Crippen molar-refractivity contribution in [2.75, 3.05) is 45.2 Å². The van der Waals surface area contributed by atoms with E-state index in [4.69, 9.17) is 9.97 Å². The SMILES string of the molecule is CN(C)Cc1nc(N2CCNCC2)c2c3c(sc2n1)CCCC3. The van der Waals surface area contributed by atoms with Gasteiger partial charge in [-0.2, -0.15) is 0 Å². The van der Waals surface area contributed by atoms with Crippen LogP contribution in [0.5, 0.6) is 0 Å². The number of hydrogen-bond donors (Lipinski definition) is 1. The zero-order valence-corrected chi connectivity index (χ0v) is 14.9. The first-order chi connectivity index (χ1) is 11.2. The summed E-state index contributed by atoms with van der Waals surface area (Å²) in [6.45, 7) is 4.97. The van der Waals surface area contributed by atoms with E-state index in [1.165, 1.54) is 41.7 Å². The molecule has 4 rings (SSSR count). The Bertz CT molecular complexity index is 703. The smallest absolute Gasteiger partial charge is 0.146 e. The molecule has 1 aliphatic carbocycles. The summed E-state index contributed by atoms with van der Waals surface area (Å²) >= 11 is 1.91. The fourth-order valence-electron chi connectivity index (χ4n) is 3.64. The van der Waals surface area contributed by atoms with E-state index in [1.54, 1.807) is 10.4 Å². The van der Waals surface area contributed by atoms with Crippen LogP contribution in [0, 0.1) is 0 Å². The van der Waals surface area contributed by atoms with Gasteiger partial charge in [-0.05, 0) is 45.3 Å². The summed E-state index contributed by atoms with van der Waals surface area (Å²) in [6.07, 6.45) is 5.05. The van der Waals surface area contributed by atoms with Crippen LogP contribution in [0.3, 0.4) is 0 Å². The van der Waals surface area contributed by atoms with Gasteiger partial charge in [-0.25, -0.2) is 9.97 Å². The van der Waals surface area contributed by atoms with Gasteiger partial charge in [0.1, 0.15) is 16.5 Å². The molecule has 23 heavy (non-hydrogen) atoms. The quantitative estimate of drug-likeness (QED) is 0.932. The van der Waals surface area contributed by atoms with E-state index < -0.39 is 0 Å². The summed E-state index contributed by atoms with van der Waals surface area (Å²) in [5.74, 6) is 2.14. The number of anilines is 1. The van der Waals surface area contributed by atoms with Crippen LogP contribution in [0.15, 0.2) is 0 Å². The molecule has 0 bridgehead atoms. The molecule has 124 valence electrons. The molecule has 3 heterocycles. The van der Waals surface area contributed by atoms with E-state index in [1.807, 2.05) is 11.3 Å². The highest BCUT2D eigenvalue weighted by atomic mass is 32.1. The van der Waals surface area contributed by atoms with Gasteiger partial charge in [0.05, 0.1) is 11.9 Å². The van der Waals surface area contributed by atoms with Crippen molar-refractivity contribution in [2.24, 2.45) is 0 Å². The van der Waals surface area contributed by atoms with Gasteiger partial charge in [0.25, 0.3) is 0 Å². The highest BCUT2D eigenvalue weighted by Crippen LogP contribution is 2.39. The number of nitrogens with zero attached hydrogens (tertiary/aromatic N) is 4. The zero-order valence-electron chi connectivity index (χ0n) is 14.1.